The third-order valence-corrected chi connectivity index (χ3v) is 6.69. The number of carbonyl (C=O) groups is 3. The van der Waals surface area contributed by atoms with Crippen molar-refractivity contribution in [2.45, 2.75) is 117 Å². The molecule has 3 amide bonds. The van der Waals surface area contributed by atoms with Crippen molar-refractivity contribution in [1.82, 2.24) is 15.5 Å². The molecule has 0 aliphatic rings. The van der Waals surface area contributed by atoms with Gasteiger partial charge in [0.05, 0.1) is 0 Å². The molecule has 2 rings (SSSR count). The van der Waals surface area contributed by atoms with Gasteiger partial charge in [-0.3, -0.25) is 9.59 Å². The average molecular weight is 566 g/mol. The molecular weight excluding hydrogens is 514 g/mol. The molecule has 2 N–H and O–H groups in total. The number of ether oxygens (including phenoxy) is 1. The van der Waals surface area contributed by atoms with Gasteiger partial charge in [0, 0.05) is 19.0 Å². The van der Waals surface area contributed by atoms with Gasteiger partial charge in [-0.25, -0.2) is 4.79 Å². The Kier molecular flexibility index (Phi) is 13.9. The average Bonchev–Trinajstić information content (AvgIpc) is 2.89. The molecule has 0 radical (unpaired) electrons. The van der Waals surface area contributed by atoms with E-state index in [0.717, 1.165) is 48.8 Å². The maximum absolute atomic E-state index is 14.5. The maximum atomic E-state index is 14.5. The summed E-state index contributed by atoms with van der Waals surface area (Å²) in [6.07, 6.45) is 5.90. The first-order valence-corrected chi connectivity index (χ1v) is 15.1. The van der Waals surface area contributed by atoms with Crippen molar-refractivity contribution in [1.29, 1.82) is 0 Å². The van der Waals surface area contributed by atoms with Crippen LogP contribution in [0.25, 0.3) is 0 Å². The Hall–Kier alpha value is -3.35. The highest BCUT2D eigenvalue weighted by molar-refractivity contribution is 5.92. The van der Waals surface area contributed by atoms with Crippen LogP contribution in [0.1, 0.15) is 103 Å². The number of rotatable bonds is 15. The van der Waals surface area contributed by atoms with Crippen molar-refractivity contribution in [2.75, 3.05) is 6.54 Å². The van der Waals surface area contributed by atoms with Gasteiger partial charge in [0.25, 0.3) is 0 Å². The minimum atomic E-state index is -0.910. The lowest BCUT2D eigenvalue weighted by molar-refractivity contribution is -0.142. The highest BCUT2D eigenvalue weighted by Crippen LogP contribution is 2.25. The minimum Gasteiger partial charge on any atom is -0.444 e. The van der Waals surface area contributed by atoms with E-state index < -0.39 is 23.8 Å². The summed E-state index contributed by atoms with van der Waals surface area (Å²) in [4.78, 5) is 42.8. The number of nitrogens with zero attached hydrogens (tertiary/aromatic N) is 1. The van der Waals surface area contributed by atoms with E-state index in [-0.39, 0.29) is 24.3 Å². The van der Waals surface area contributed by atoms with Crippen LogP contribution >= 0.6 is 0 Å². The summed E-state index contributed by atoms with van der Waals surface area (Å²) in [6, 6.07) is 15.5. The van der Waals surface area contributed by atoms with Crippen LogP contribution in [-0.4, -0.2) is 47.0 Å². The molecule has 0 bridgehead atoms. The highest BCUT2D eigenvalue weighted by Gasteiger charge is 2.36. The van der Waals surface area contributed by atoms with Gasteiger partial charge in [-0.2, -0.15) is 0 Å². The number of aryl methyl sites for hydroxylation is 1. The molecule has 0 fully saturated rings. The molecule has 0 saturated carbocycles. The molecule has 2 aromatic rings. The van der Waals surface area contributed by atoms with Crippen LogP contribution in [0.3, 0.4) is 0 Å². The summed E-state index contributed by atoms with van der Waals surface area (Å²) in [5, 5.41) is 5.86. The zero-order valence-electron chi connectivity index (χ0n) is 26.2. The van der Waals surface area contributed by atoms with Crippen LogP contribution in [-0.2, 0) is 20.7 Å². The van der Waals surface area contributed by atoms with E-state index in [1.807, 2.05) is 75.4 Å². The van der Waals surface area contributed by atoms with Gasteiger partial charge in [-0.1, -0.05) is 99.2 Å². The number of nitrogens with one attached hydrogen (secondary N) is 2. The molecule has 2 atom stereocenters. The summed E-state index contributed by atoms with van der Waals surface area (Å²) in [7, 11) is 0. The Bertz CT molecular complexity index is 1080. The fraction of sp³-hybridized carbons (Fsp3) is 0.559. The molecule has 0 aromatic heterocycles. The van der Waals surface area contributed by atoms with Crippen LogP contribution in [0, 0.1) is 6.92 Å². The molecule has 7 nitrogen and oxygen atoms in total. The van der Waals surface area contributed by atoms with E-state index in [1.54, 1.807) is 25.7 Å². The van der Waals surface area contributed by atoms with Crippen molar-refractivity contribution in [3.8, 4) is 0 Å². The molecule has 0 spiro atoms. The zero-order valence-corrected chi connectivity index (χ0v) is 26.2. The third-order valence-electron chi connectivity index (χ3n) is 6.69. The van der Waals surface area contributed by atoms with Crippen molar-refractivity contribution in [3.63, 3.8) is 0 Å². The van der Waals surface area contributed by atoms with E-state index in [2.05, 4.69) is 17.6 Å². The molecule has 0 aliphatic heterocycles. The van der Waals surface area contributed by atoms with Gasteiger partial charge in [0.15, 0.2) is 0 Å². The molecule has 7 heteroatoms. The lowest BCUT2D eigenvalue weighted by atomic mass is 9.98. The summed E-state index contributed by atoms with van der Waals surface area (Å²) < 4.78 is 5.53. The molecule has 0 saturated heterocycles. The van der Waals surface area contributed by atoms with Crippen molar-refractivity contribution in [3.05, 3.63) is 71.3 Å². The predicted molar refractivity (Wildman–Crippen MR) is 166 cm³/mol. The molecule has 41 heavy (non-hydrogen) atoms. The van der Waals surface area contributed by atoms with Gasteiger partial charge in [0.1, 0.15) is 17.7 Å². The van der Waals surface area contributed by atoms with Gasteiger partial charge in [0.2, 0.25) is 11.8 Å². The topological polar surface area (TPSA) is 87.7 Å². The Morgan fingerprint density at radius 2 is 1.46 bits per heavy atom. The Morgan fingerprint density at radius 3 is 2.05 bits per heavy atom. The van der Waals surface area contributed by atoms with Crippen molar-refractivity contribution < 1.29 is 19.1 Å². The third kappa shape index (κ3) is 12.4. The first kappa shape index (κ1) is 33.9. The molecule has 2 unspecified atom stereocenters. The predicted octanol–water partition coefficient (Wildman–Crippen LogP) is 6.89. The zero-order chi connectivity index (χ0) is 30.4. The van der Waals surface area contributed by atoms with Crippen LogP contribution < -0.4 is 10.6 Å². The lowest BCUT2D eigenvalue weighted by Gasteiger charge is -2.35. The highest BCUT2D eigenvalue weighted by atomic mass is 16.6. The Balaban J connectivity index is 2.49. The van der Waals surface area contributed by atoms with E-state index in [9.17, 15) is 14.4 Å². The van der Waals surface area contributed by atoms with Crippen LogP contribution in [0.5, 0.6) is 0 Å². The van der Waals surface area contributed by atoms with E-state index in [1.165, 1.54) is 6.42 Å². The number of benzene rings is 2. The SMILES string of the molecule is CCCCCCCCN(C(=O)C(Cc1ccccc1)NC(=O)OC(C)(C)C)C(C(=O)NC(C)C)c1ccc(C)cc1. The van der Waals surface area contributed by atoms with Crippen LogP contribution in [0.15, 0.2) is 54.6 Å². The van der Waals surface area contributed by atoms with E-state index >= 15 is 0 Å². The standard InChI is InChI=1S/C34H51N3O4/c1-8-9-10-11-12-16-23-37(30(31(38)35-25(2)3)28-21-19-26(4)20-22-28)32(39)29(24-27-17-14-13-15-18-27)36-33(40)41-34(5,6)7/h13-15,17-22,25,29-30H,8-12,16,23-24H2,1-7H3,(H,35,38)(H,36,40). The van der Waals surface area contributed by atoms with Gasteiger partial charge >= 0.3 is 6.09 Å². The smallest absolute Gasteiger partial charge is 0.408 e. The Morgan fingerprint density at radius 1 is 0.854 bits per heavy atom. The summed E-state index contributed by atoms with van der Waals surface area (Å²) in [5.74, 6) is -0.545. The first-order valence-electron chi connectivity index (χ1n) is 15.1. The van der Waals surface area contributed by atoms with E-state index in [4.69, 9.17) is 4.74 Å². The number of hydrogen-bond donors (Lipinski definition) is 2. The largest absolute Gasteiger partial charge is 0.444 e. The first-order chi connectivity index (χ1) is 19.4. The van der Waals surface area contributed by atoms with Gasteiger partial charge in [-0.15, -0.1) is 0 Å². The second kappa shape index (κ2) is 16.8. The van der Waals surface area contributed by atoms with Crippen molar-refractivity contribution in [2.24, 2.45) is 0 Å². The number of amides is 3. The van der Waals surface area contributed by atoms with Crippen LogP contribution in [0.2, 0.25) is 0 Å². The maximum Gasteiger partial charge on any atom is 0.408 e. The molecule has 226 valence electrons. The monoisotopic (exact) mass is 565 g/mol. The molecule has 0 aliphatic carbocycles. The molecule has 2 aromatic carbocycles. The normalized spacial score (nSPS) is 12.9. The van der Waals surface area contributed by atoms with E-state index in [0.29, 0.717) is 6.54 Å². The second-order valence-corrected chi connectivity index (χ2v) is 12.2. The lowest BCUT2D eigenvalue weighted by Crippen LogP contribution is -2.54. The number of alkyl carbamates (subject to hydrolysis) is 1. The number of carbonyl (C=O) groups excluding carboxylic acids is 3. The molecular formula is C34H51N3O4. The Labute approximate surface area is 247 Å². The minimum absolute atomic E-state index is 0.0959. The number of hydrogen-bond acceptors (Lipinski definition) is 4. The summed E-state index contributed by atoms with van der Waals surface area (Å²) in [5.41, 5.74) is 1.99. The van der Waals surface area contributed by atoms with Crippen molar-refractivity contribution >= 4 is 17.9 Å². The summed E-state index contributed by atoms with van der Waals surface area (Å²) >= 11 is 0. The number of unbranched alkanes of at least 4 members (excludes halogenated alkanes) is 5. The molecule has 0 heterocycles. The quantitative estimate of drug-likeness (QED) is 0.230. The van der Waals surface area contributed by atoms with Gasteiger partial charge in [-0.05, 0) is 59.1 Å². The second-order valence-electron chi connectivity index (χ2n) is 12.2. The van der Waals surface area contributed by atoms with Crippen LogP contribution in [0.4, 0.5) is 4.79 Å². The fourth-order valence-corrected chi connectivity index (χ4v) is 4.71. The van der Waals surface area contributed by atoms with Gasteiger partial charge < -0.3 is 20.3 Å². The summed E-state index contributed by atoms with van der Waals surface area (Å²) in [6.45, 7) is 13.8. The fourth-order valence-electron chi connectivity index (χ4n) is 4.71.